The minimum atomic E-state index is -0.130. The molecule has 0 fully saturated rings. The van der Waals surface area contributed by atoms with Crippen molar-refractivity contribution in [2.75, 3.05) is 24.3 Å². The lowest BCUT2D eigenvalue weighted by Crippen LogP contribution is -2.12. The fraction of sp³-hybridized carbons (Fsp3) is 0.235. The number of aryl methyl sites for hydroxylation is 1. The standard InChI is InChI=1S/C17H20N2O2/c1-4-18-16-9-8-13(10-12(16)2)17(20)19-14-6-5-7-15(11-14)21-3/h5-11,18H,4H2,1-3H3,(H,19,20). The van der Waals surface area contributed by atoms with E-state index < -0.39 is 0 Å². The van der Waals surface area contributed by atoms with Gasteiger partial charge in [0.1, 0.15) is 5.75 Å². The van der Waals surface area contributed by atoms with Crippen molar-refractivity contribution in [3.8, 4) is 5.75 Å². The minimum Gasteiger partial charge on any atom is -0.497 e. The number of anilines is 2. The van der Waals surface area contributed by atoms with Crippen LogP contribution in [0.4, 0.5) is 11.4 Å². The molecule has 0 atom stereocenters. The Morgan fingerprint density at radius 2 is 2.00 bits per heavy atom. The Labute approximate surface area is 125 Å². The second-order valence-electron chi connectivity index (χ2n) is 4.75. The number of carbonyl (C=O) groups excluding carboxylic acids is 1. The van der Waals surface area contributed by atoms with Gasteiger partial charge in [-0.3, -0.25) is 4.79 Å². The van der Waals surface area contributed by atoms with Crippen molar-refractivity contribution in [3.05, 3.63) is 53.6 Å². The number of benzene rings is 2. The smallest absolute Gasteiger partial charge is 0.255 e. The van der Waals surface area contributed by atoms with E-state index in [0.717, 1.165) is 17.8 Å². The number of methoxy groups -OCH3 is 1. The highest BCUT2D eigenvalue weighted by Gasteiger charge is 2.08. The maximum atomic E-state index is 12.3. The van der Waals surface area contributed by atoms with Crippen molar-refractivity contribution >= 4 is 17.3 Å². The van der Waals surface area contributed by atoms with Gasteiger partial charge < -0.3 is 15.4 Å². The fourth-order valence-corrected chi connectivity index (χ4v) is 2.10. The van der Waals surface area contributed by atoms with E-state index in [9.17, 15) is 4.79 Å². The van der Waals surface area contributed by atoms with Crippen molar-refractivity contribution in [2.24, 2.45) is 0 Å². The van der Waals surface area contributed by atoms with Crippen LogP contribution in [0.5, 0.6) is 5.75 Å². The van der Waals surface area contributed by atoms with Crippen LogP contribution >= 0.6 is 0 Å². The van der Waals surface area contributed by atoms with Gasteiger partial charge in [0.25, 0.3) is 5.91 Å². The van der Waals surface area contributed by atoms with Crippen LogP contribution < -0.4 is 15.4 Å². The second-order valence-corrected chi connectivity index (χ2v) is 4.75. The summed E-state index contributed by atoms with van der Waals surface area (Å²) in [6.07, 6.45) is 0. The van der Waals surface area contributed by atoms with Crippen LogP contribution in [-0.2, 0) is 0 Å². The summed E-state index contributed by atoms with van der Waals surface area (Å²) in [4.78, 5) is 12.3. The van der Waals surface area contributed by atoms with E-state index in [1.807, 2.05) is 50.2 Å². The van der Waals surface area contributed by atoms with Crippen LogP contribution in [0.3, 0.4) is 0 Å². The summed E-state index contributed by atoms with van der Waals surface area (Å²) in [5.74, 6) is 0.584. The molecule has 2 aromatic carbocycles. The molecular formula is C17H20N2O2. The SMILES string of the molecule is CCNc1ccc(C(=O)Nc2cccc(OC)c2)cc1C. The van der Waals surface area contributed by atoms with Gasteiger partial charge in [-0.05, 0) is 49.7 Å². The maximum Gasteiger partial charge on any atom is 0.255 e. The monoisotopic (exact) mass is 284 g/mol. The number of ether oxygens (including phenoxy) is 1. The Balaban J connectivity index is 2.14. The largest absolute Gasteiger partial charge is 0.497 e. The van der Waals surface area contributed by atoms with Gasteiger partial charge in [0.2, 0.25) is 0 Å². The molecule has 4 heteroatoms. The van der Waals surface area contributed by atoms with Crippen LogP contribution in [0.15, 0.2) is 42.5 Å². The Hall–Kier alpha value is -2.49. The Kier molecular flexibility index (Phi) is 4.82. The molecule has 0 aliphatic heterocycles. The van der Waals surface area contributed by atoms with Gasteiger partial charge in [-0.1, -0.05) is 6.07 Å². The van der Waals surface area contributed by atoms with Gasteiger partial charge in [0, 0.05) is 29.5 Å². The average molecular weight is 284 g/mol. The lowest BCUT2D eigenvalue weighted by Gasteiger charge is -2.10. The molecule has 2 N–H and O–H groups in total. The molecule has 110 valence electrons. The quantitative estimate of drug-likeness (QED) is 0.880. The number of hydrogen-bond acceptors (Lipinski definition) is 3. The van der Waals surface area contributed by atoms with E-state index in [4.69, 9.17) is 4.74 Å². The third-order valence-corrected chi connectivity index (χ3v) is 3.18. The summed E-state index contributed by atoms with van der Waals surface area (Å²) in [6.45, 7) is 4.89. The van der Waals surface area contributed by atoms with E-state index in [1.54, 1.807) is 13.2 Å². The van der Waals surface area contributed by atoms with Crippen molar-refractivity contribution in [2.45, 2.75) is 13.8 Å². The highest BCUT2D eigenvalue weighted by Crippen LogP contribution is 2.20. The topological polar surface area (TPSA) is 50.4 Å². The van der Waals surface area contributed by atoms with Crippen molar-refractivity contribution in [3.63, 3.8) is 0 Å². The minimum absolute atomic E-state index is 0.130. The van der Waals surface area contributed by atoms with E-state index in [1.165, 1.54) is 0 Å². The lowest BCUT2D eigenvalue weighted by atomic mass is 10.1. The summed E-state index contributed by atoms with van der Waals surface area (Å²) in [6, 6.07) is 12.9. The molecule has 2 aromatic rings. The fourth-order valence-electron chi connectivity index (χ4n) is 2.10. The van der Waals surface area contributed by atoms with Crippen molar-refractivity contribution < 1.29 is 9.53 Å². The summed E-state index contributed by atoms with van der Waals surface area (Å²) in [5.41, 5.74) is 3.45. The van der Waals surface area contributed by atoms with Gasteiger partial charge in [-0.25, -0.2) is 0 Å². The van der Waals surface area contributed by atoms with E-state index in [0.29, 0.717) is 17.0 Å². The average Bonchev–Trinajstić information content (AvgIpc) is 2.49. The van der Waals surface area contributed by atoms with Crippen LogP contribution in [0, 0.1) is 6.92 Å². The molecule has 2 rings (SSSR count). The molecule has 21 heavy (non-hydrogen) atoms. The normalized spacial score (nSPS) is 10.0. The second kappa shape index (κ2) is 6.79. The number of hydrogen-bond donors (Lipinski definition) is 2. The molecule has 0 radical (unpaired) electrons. The van der Waals surface area contributed by atoms with Crippen LogP contribution in [0.2, 0.25) is 0 Å². The molecule has 1 amide bonds. The van der Waals surface area contributed by atoms with Gasteiger partial charge in [-0.2, -0.15) is 0 Å². The highest BCUT2D eigenvalue weighted by molar-refractivity contribution is 6.04. The molecule has 0 aromatic heterocycles. The summed E-state index contributed by atoms with van der Waals surface area (Å²) in [7, 11) is 1.60. The number of amides is 1. The lowest BCUT2D eigenvalue weighted by molar-refractivity contribution is 0.102. The third kappa shape index (κ3) is 3.75. The molecule has 0 heterocycles. The first kappa shape index (κ1) is 14.9. The Bertz CT molecular complexity index is 638. The van der Waals surface area contributed by atoms with E-state index in [-0.39, 0.29) is 5.91 Å². The molecule has 0 aliphatic rings. The Morgan fingerprint density at radius 3 is 2.67 bits per heavy atom. The predicted octanol–water partition coefficient (Wildman–Crippen LogP) is 3.69. The first-order valence-corrected chi connectivity index (χ1v) is 6.94. The van der Waals surface area contributed by atoms with Crippen LogP contribution in [0.25, 0.3) is 0 Å². The zero-order valence-corrected chi connectivity index (χ0v) is 12.6. The molecule has 0 spiro atoms. The van der Waals surface area contributed by atoms with Crippen LogP contribution in [0.1, 0.15) is 22.8 Å². The van der Waals surface area contributed by atoms with E-state index >= 15 is 0 Å². The molecule has 0 saturated carbocycles. The van der Waals surface area contributed by atoms with Gasteiger partial charge in [-0.15, -0.1) is 0 Å². The molecular weight excluding hydrogens is 264 g/mol. The first-order chi connectivity index (χ1) is 10.1. The van der Waals surface area contributed by atoms with Gasteiger partial charge in [0.05, 0.1) is 7.11 Å². The van der Waals surface area contributed by atoms with Crippen molar-refractivity contribution in [1.82, 2.24) is 0 Å². The van der Waals surface area contributed by atoms with Crippen LogP contribution in [-0.4, -0.2) is 19.6 Å². The molecule has 0 saturated heterocycles. The number of rotatable bonds is 5. The molecule has 0 bridgehead atoms. The zero-order chi connectivity index (χ0) is 15.2. The third-order valence-electron chi connectivity index (χ3n) is 3.18. The zero-order valence-electron chi connectivity index (χ0n) is 12.6. The number of nitrogens with one attached hydrogen (secondary N) is 2. The number of carbonyl (C=O) groups is 1. The van der Waals surface area contributed by atoms with Gasteiger partial charge >= 0.3 is 0 Å². The maximum absolute atomic E-state index is 12.3. The molecule has 4 nitrogen and oxygen atoms in total. The molecule has 0 unspecified atom stereocenters. The summed E-state index contributed by atoms with van der Waals surface area (Å²) in [5, 5.41) is 6.13. The van der Waals surface area contributed by atoms with Crippen molar-refractivity contribution in [1.29, 1.82) is 0 Å². The van der Waals surface area contributed by atoms with E-state index in [2.05, 4.69) is 10.6 Å². The highest BCUT2D eigenvalue weighted by atomic mass is 16.5. The first-order valence-electron chi connectivity index (χ1n) is 6.94. The molecule has 0 aliphatic carbocycles. The Morgan fingerprint density at radius 1 is 1.19 bits per heavy atom. The summed E-state index contributed by atoms with van der Waals surface area (Å²) >= 11 is 0. The van der Waals surface area contributed by atoms with Gasteiger partial charge in [0.15, 0.2) is 0 Å². The predicted molar refractivity (Wildman–Crippen MR) is 86.3 cm³/mol. The summed E-state index contributed by atoms with van der Waals surface area (Å²) < 4.78 is 5.14.